The Morgan fingerprint density at radius 2 is 1.71 bits per heavy atom. The summed E-state index contributed by atoms with van der Waals surface area (Å²) in [6, 6.07) is 0. The Kier molecular flexibility index (Phi) is 4.19. The molecule has 0 aromatic rings. The maximum atomic E-state index is 13.6. The van der Waals surface area contributed by atoms with Crippen molar-refractivity contribution in [1.29, 1.82) is 0 Å². The third-order valence-corrected chi connectivity index (χ3v) is 9.97. The van der Waals surface area contributed by atoms with E-state index >= 15 is 0 Å². The smallest absolute Gasteiger partial charge is 0.160 e. The second-order valence-electron chi connectivity index (χ2n) is 11.3. The van der Waals surface area contributed by atoms with E-state index in [1.165, 1.54) is 0 Å². The topological polar surface area (TPSA) is 74.6 Å². The quantitative estimate of drug-likeness (QED) is 0.716. The molecule has 0 aromatic heterocycles. The molecule has 0 radical (unpaired) electrons. The van der Waals surface area contributed by atoms with E-state index in [4.69, 9.17) is 0 Å². The maximum Gasteiger partial charge on any atom is 0.160 e. The van der Waals surface area contributed by atoms with Crippen molar-refractivity contribution in [2.45, 2.75) is 92.3 Å². The first kappa shape index (κ1) is 20.3. The van der Waals surface area contributed by atoms with Gasteiger partial charge in [0.1, 0.15) is 5.78 Å². The summed E-state index contributed by atoms with van der Waals surface area (Å²) in [6.45, 7) is 12.5. The van der Waals surface area contributed by atoms with Gasteiger partial charge in [0.25, 0.3) is 0 Å². The van der Waals surface area contributed by atoms with E-state index in [1.54, 1.807) is 0 Å². The van der Waals surface area contributed by atoms with Gasteiger partial charge in [-0.1, -0.05) is 41.0 Å². The highest BCUT2D eigenvalue weighted by atomic mass is 16.3. The van der Waals surface area contributed by atoms with Crippen molar-refractivity contribution >= 4 is 11.6 Å². The molecule has 2 saturated carbocycles. The normalized spacial score (nSPS) is 50.3. The van der Waals surface area contributed by atoms with Crippen LogP contribution in [0.5, 0.6) is 0 Å². The number of allylic oxidation sites excluding steroid dienone is 1. The summed E-state index contributed by atoms with van der Waals surface area (Å²) in [6.07, 6.45) is 2.46. The van der Waals surface area contributed by atoms with E-state index in [9.17, 15) is 19.8 Å². The minimum atomic E-state index is -0.786. The number of aliphatic hydroxyl groups is 2. The van der Waals surface area contributed by atoms with Gasteiger partial charge in [-0.25, -0.2) is 0 Å². The maximum absolute atomic E-state index is 13.6. The third-order valence-electron chi connectivity index (χ3n) is 9.97. The zero-order valence-corrected chi connectivity index (χ0v) is 18.3. The zero-order chi connectivity index (χ0) is 20.9. The number of carbonyl (C=O) groups is 2. The summed E-state index contributed by atoms with van der Waals surface area (Å²) in [4.78, 5) is 27.0. The van der Waals surface area contributed by atoms with Crippen molar-refractivity contribution in [2.75, 3.05) is 0 Å². The Bertz CT molecular complexity index is 779. The van der Waals surface area contributed by atoms with E-state index in [2.05, 4.69) is 34.6 Å². The second kappa shape index (κ2) is 5.78. The number of Topliss-reactive ketones (excluding diaryl/α,β-unsaturated/α-hetero) is 2. The molecule has 0 aliphatic heterocycles. The Morgan fingerprint density at radius 3 is 2.32 bits per heavy atom. The summed E-state index contributed by atoms with van der Waals surface area (Å²) in [7, 11) is 0. The third kappa shape index (κ3) is 2.09. The molecule has 4 aliphatic rings. The summed E-state index contributed by atoms with van der Waals surface area (Å²) < 4.78 is 0. The molecule has 0 spiro atoms. The molecule has 4 aliphatic carbocycles. The van der Waals surface area contributed by atoms with Crippen LogP contribution in [0.15, 0.2) is 11.1 Å². The van der Waals surface area contributed by atoms with Gasteiger partial charge >= 0.3 is 0 Å². The average Bonchev–Trinajstić information content (AvgIpc) is 2.81. The summed E-state index contributed by atoms with van der Waals surface area (Å²) in [5, 5.41) is 22.0. The first-order valence-corrected chi connectivity index (χ1v) is 11.0. The van der Waals surface area contributed by atoms with Crippen molar-refractivity contribution < 1.29 is 19.8 Å². The average molecular weight is 389 g/mol. The van der Waals surface area contributed by atoms with Crippen LogP contribution in [0, 0.1) is 33.5 Å². The lowest BCUT2D eigenvalue weighted by Crippen LogP contribution is -2.60. The van der Waals surface area contributed by atoms with Crippen LogP contribution in [0.1, 0.15) is 80.1 Å². The van der Waals surface area contributed by atoms with Crippen LogP contribution >= 0.6 is 0 Å². The minimum absolute atomic E-state index is 0.0212. The Balaban J connectivity index is 1.97. The Morgan fingerprint density at radius 1 is 1.07 bits per heavy atom. The molecule has 0 bridgehead atoms. The highest BCUT2D eigenvalue weighted by Gasteiger charge is 2.69. The molecule has 4 nitrogen and oxygen atoms in total. The van der Waals surface area contributed by atoms with Gasteiger partial charge in [0.15, 0.2) is 5.78 Å². The predicted octanol–water partition coefficient (Wildman–Crippen LogP) is 3.84. The molecule has 2 N–H and O–H groups in total. The molecule has 156 valence electrons. The van der Waals surface area contributed by atoms with E-state index in [0.29, 0.717) is 25.7 Å². The van der Waals surface area contributed by atoms with Gasteiger partial charge in [-0.2, -0.15) is 0 Å². The molecule has 4 heteroatoms. The SMILES string of the molecule is CCC1CC(=O)C2(C)C3=C(C(=O)CC12C)C1(C)CCC(O)C(C)(C)C1CC3O. The standard InChI is InChI=1S/C24H36O4/c1-7-13-10-18(28)24(6)20-14(25)11-16-21(2,3)17(27)8-9-22(16,4)19(20)15(26)12-23(13,24)5/h13-14,16-17,25,27H,7-12H2,1-6H3. The molecule has 2 fully saturated rings. The van der Waals surface area contributed by atoms with Gasteiger partial charge < -0.3 is 10.2 Å². The number of ketones is 2. The fourth-order valence-corrected chi connectivity index (χ4v) is 7.94. The van der Waals surface area contributed by atoms with E-state index in [0.717, 1.165) is 24.0 Å². The van der Waals surface area contributed by atoms with Crippen molar-refractivity contribution in [3.8, 4) is 0 Å². The Labute approximate surface area is 168 Å². The Hall–Kier alpha value is -1.00. The van der Waals surface area contributed by atoms with Crippen molar-refractivity contribution in [1.82, 2.24) is 0 Å². The lowest BCUT2D eigenvalue weighted by atomic mass is 9.42. The minimum Gasteiger partial charge on any atom is -0.393 e. The van der Waals surface area contributed by atoms with Crippen molar-refractivity contribution in [3.63, 3.8) is 0 Å². The van der Waals surface area contributed by atoms with Gasteiger partial charge in [0, 0.05) is 18.4 Å². The molecule has 7 unspecified atom stereocenters. The first-order chi connectivity index (χ1) is 12.9. The lowest BCUT2D eigenvalue weighted by Gasteiger charge is -2.61. The van der Waals surface area contributed by atoms with Crippen LogP contribution in [0.25, 0.3) is 0 Å². The second-order valence-corrected chi connectivity index (χ2v) is 11.3. The van der Waals surface area contributed by atoms with Crippen LogP contribution < -0.4 is 0 Å². The summed E-state index contributed by atoms with van der Waals surface area (Å²) in [5.74, 6) is 0.526. The number of hydrogen-bond acceptors (Lipinski definition) is 4. The molecular formula is C24H36O4. The van der Waals surface area contributed by atoms with Crippen LogP contribution in [0.2, 0.25) is 0 Å². The van der Waals surface area contributed by atoms with Gasteiger partial charge in [-0.15, -0.1) is 0 Å². The lowest BCUT2D eigenvalue weighted by molar-refractivity contribution is -0.141. The van der Waals surface area contributed by atoms with Gasteiger partial charge in [-0.3, -0.25) is 9.59 Å². The monoisotopic (exact) mass is 388 g/mol. The molecule has 28 heavy (non-hydrogen) atoms. The molecule has 0 amide bonds. The van der Waals surface area contributed by atoms with Gasteiger partial charge in [0.2, 0.25) is 0 Å². The molecular weight excluding hydrogens is 352 g/mol. The van der Waals surface area contributed by atoms with Crippen LogP contribution in [-0.2, 0) is 9.59 Å². The van der Waals surface area contributed by atoms with Crippen LogP contribution in [0.3, 0.4) is 0 Å². The molecule has 4 rings (SSSR count). The number of fused-ring (bicyclic) bond motifs is 4. The summed E-state index contributed by atoms with van der Waals surface area (Å²) in [5.41, 5.74) is -0.462. The van der Waals surface area contributed by atoms with Gasteiger partial charge in [0.05, 0.1) is 17.6 Å². The van der Waals surface area contributed by atoms with Gasteiger partial charge in [-0.05, 0) is 59.8 Å². The molecule has 0 aromatic carbocycles. The highest BCUT2D eigenvalue weighted by Crippen LogP contribution is 2.70. The van der Waals surface area contributed by atoms with Crippen LogP contribution in [-0.4, -0.2) is 34.0 Å². The molecule has 0 heterocycles. The van der Waals surface area contributed by atoms with E-state index in [1.807, 2.05) is 6.92 Å². The number of rotatable bonds is 1. The first-order valence-electron chi connectivity index (χ1n) is 11.0. The fraction of sp³-hybridized carbons (Fsp3) is 0.833. The summed E-state index contributed by atoms with van der Waals surface area (Å²) >= 11 is 0. The number of hydrogen-bond donors (Lipinski definition) is 2. The van der Waals surface area contributed by atoms with E-state index < -0.39 is 23.0 Å². The van der Waals surface area contributed by atoms with E-state index in [-0.39, 0.29) is 34.2 Å². The number of carbonyl (C=O) groups excluding carboxylic acids is 2. The van der Waals surface area contributed by atoms with Crippen LogP contribution in [0.4, 0.5) is 0 Å². The fourth-order valence-electron chi connectivity index (χ4n) is 7.94. The predicted molar refractivity (Wildman–Crippen MR) is 108 cm³/mol. The molecule has 0 saturated heterocycles. The molecule has 7 atom stereocenters. The van der Waals surface area contributed by atoms with Crippen molar-refractivity contribution in [2.24, 2.45) is 33.5 Å². The number of aliphatic hydroxyl groups excluding tert-OH is 2. The highest BCUT2D eigenvalue weighted by molar-refractivity contribution is 6.05. The largest absolute Gasteiger partial charge is 0.393 e. The van der Waals surface area contributed by atoms with Crippen molar-refractivity contribution in [3.05, 3.63) is 11.1 Å². The zero-order valence-electron chi connectivity index (χ0n) is 18.3.